The largest absolute Gasteiger partial charge is 0.353 e. The van der Waals surface area contributed by atoms with Gasteiger partial charge in [-0.2, -0.15) is 0 Å². The van der Waals surface area contributed by atoms with Crippen LogP contribution >= 0.6 is 34.5 Å². The highest BCUT2D eigenvalue weighted by atomic mass is 35.5. The first kappa shape index (κ1) is 25.4. The van der Waals surface area contributed by atoms with E-state index in [4.69, 9.17) is 28.2 Å². The lowest BCUT2D eigenvalue weighted by Crippen LogP contribution is -2.46. The molecule has 3 heterocycles. The first-order chi connectivity index (χ1) is 17.7. The number of benzene rings is 2. The number of nitrogens with zero attached hydrogens (tertiary/aromatic N) is 4. The number of amides is 1. The van der Waals surface area contributed by atoms with E-state index in [1.807, 2.05) is 50.4 Å². The number of anilines is 1. The lowest BCUT2D eigenvalue weighted by molar-refractivity contribution is 0.0653. The molecule has 2 aromatic heterocycles. The summed E-state index contributed by atoms with van der Waals surface area (Å²) in [5.41, 5.74) is 3.22. The normalized spacial score (nSPS) is 15.1. The number of aromatic nitrogens is 3. The maximum absolute atomic E-state index is 13.8. The number of carbonyl (C=O) groups excluding carboxylic acids is 1. The quantitative estimate of drug-likeness (QED) is 0.324. The van der Waals surface area contributed by atoms with E-state index in [0.717, 1.165) is 10.6 Å². The Labute approximate surface area is 228 Å². The lowest BCUT2D eigenvalue weighted by Gasteiger charge is -2.34. The average Bonchev–Trinajstić information content (AvgIpc) is 3.41. The predicted octanol–water partition coefficient (Wildman–Crippen LogP) is 6.07. The molecule has 1 atom stereocenters. The summed E-state index contributed by atoms with van der Waals surface area (Å²) < 4.78 is 1.62. The minimum absolute atomic E-state index is 0.0438. The van der Waals surface area contributed by atoms with Gasteiger partial charge < -0.3 is 10.2 Å². The van der Waals surface area contributed by atoms with Crippen LogP contribution in [-0.2, 0) is 13.0 Å². The van der Waals surface area contributed by atoms with E-state index < -0.39 is 0 Å². The predicted molar refractivity (Wildman–Crippen MR) is 149 cm³/mol. The molecule has 4 aromatic rings. The summed E-state index contributed by atoms with van der Waals surface area (Å²) in [6.45, 7) is 6.14. The molecule has 5 rings (SSSR count). The zero-order valence-corrected chi connectivity index (χ0v) is 22.9. The maximum atomic E-state index is 13.8. The van der Waals surface area contributed by atoms with Crippen LogP contribution < -0.4 is 10.9 Å². The Balaban J connectivity index is 1.54. The molecule has 0 radical (unpaired) electrons. The van der Waals surface area contributed by atoms with Crippen LogP contribution in [0.3, 0.4) is 0 Å². The fraction of sp³-hybridized carbons (Fsp3) is 0.259. The highest BCUT2D eigenvalue weighted by molar-refractivity contribution is 7.13. The standard InChI is InChI=1S/C27H25Cl2N5O2S/c1-15(2)31-27-32-23-14-33(25(35)18-6-9-21(28)22(29)13-18)16(3)12-20(23)26(36)34(27)19-7-4-17(5-8-19)24-30-10-11-37-24/h4-11,13,15-16H,12,14H2,1-3H3,(H,31,32)/t16-/m1/s1. The maximum Gasteiger partial charge on any atom is 0.263 e. The minimum Gasteiger partial charge on any atom is -0.353 e. The van der Waals surface area contributed by atoms with Gasteiger partial charge in [0.25, 0.3) is 11.5 Å². The Morgan fingerprint density at radius 3 is 2.54 bits per heavy atom. The number of halogens is 2. The third-order valence-corrected chi connectivity index (χ3v) is 7.83. The molecule has 7 nitrogen and oxygen atoms in total. The van der Waals surface area contributed by atoms with Gasteiger partial charge in [0, 0.05) is 40.4 Å². The number of hydrogen-bond acceptors (Lipinski definition) is 6. The second-order valence-corrected chi connectivity index (χ2v) is 11.0. The number of hydrogen-bond donors (Lipinski definition) is 1. The summed E-state index contributed by atoms with van der Waals surface area (Å²) in [4.78, 5) is 38.1. The number of carbonyl (C=O) groups is 1. The molecule has 37 heavy (non-hydrogen) atoms. The van der Waals surface area contributed by atoms with E-state index in [1.54, 1.807) is 45.2 Å². The van der Waals surface area contributed by atoms with Gasteiger partial charge in [-0.25, -0.2) is 14.5 Å². The second-order valence-electron chi connectivity index (χ2n) is 9.30. The first-order valence-corrected chi connectivity index (χ1v) is 13.5. The molecule has 0 aliphatic carbocycles. The Morgan fingerprint density at radius 2 is 1.89 bits per heavy atom. The summed E-state index contributed by atoms with van der Waals surface area (Å²) >= 11 is 13.7. The van der Waals surface area contributed by atoms with Gasteiger partial charge in [0.2, 0.25) is 5.95 Å². The van der Waals surface area contributed by atoms with Crippen molar-refractivity contribution < 1.29 is 4.79 Å². The molecule has 0 saturated carbocycles. The molecule has 1 aliphatic heterocycles. The fourth-order valence-corrected chi connectivity index (χ4v) is 5.38. The third-order valence-electron chi connectivity index (χ3n) is 6.26. The van der Waals surface area contributed by atoms with Crippen molar-refractivity contribution in [2.24, 2.45) is 0 Å². The molecule has 1 amide bonds. The van der Waals surface area contributed by atoms with Crippen molar-refractivity contribution in [3.63, 3.8) is 0 Å². The third kappa shape index (κ3) is 5.01. The SMILES string of the molecule is CC(C)Nc1nc2c(c(=O)n1-c1ccc(-c3nccs3)cc1)C[C@@H](C)N(C(=O)c1ccc(Cl)c(Cl)c1)C2. The molecule has 0 bridgehead atoms. The van der Waals surface area contributed by atoms with Gasteiger partial charge in [0.15, 0.2) is 0 Å². The lowest BCUT2D eigenvalue weighted by atomic mass is 9.98. The summed E-state index contributed by atoms with van der Waals surface area (Å²) in [7, 11) is 0. The molecule has 1 aliphatic rings. The van der Waals surface area contributed by atoms with Crippen LogP contribution in [0.2, 0.25) is 10.0 Å². The van der Waals surface area contributed by atoms with E-state index >= 15 is 0 Å². The van der Waals surface area contributed by atoms with E-state index in [-0.39, 0.29) is 30.1 Å². The Kier molecular flexibility index (Phi) is 7.07. The Morgan fingerprint density at radius 1 is 1.14 bits per heavy atom. The summed E-state index contributed by atoms with van der Waals surface area (Å²) in [5, 5.41) is 6.88. The van der Waals surface area contributed by atoms with Crippen LogP contribution in [0.5, 0.6) is 0 Å². The molecule has 1 N–H and O–H groups in total. The van der Waals surface area contributed by atoms with E-state index in [2.05, 4.69) is 10.3 Å². The van der Waals surface area contributed by atoms with E-state index in [0.29, 0.717) is 44.9 Å². The first-order valence-electron chi connectivity index (χ1n) is 11.9. The van der Waals surface area contributed by atoms with Crippen molar-refractivity contribution >= 4 is 46.4 Å². The van der Waals surface area contributed by atoms with Crippen LogP contribution in [0.25, 0.3) is 16.3 Å². The highest BCUT2D eigenvalue weighted by Crippen LogP contribution is 2.28. The number of fused-ring (bicyclic) bond motifs is 1. The monoisotopic (exact) mass is 553 g/mol. The van der Waals surface area contributed by atoms with Gasteiger partial charge in [-0.1, -0.05) is 23.2 Å². The number of thiazole rings is 1. The topological polar surface area (TPSA) is 80.1 Å². The van der Waals surface area contributed by atoms with Crippen LogP contribution in [0.4, 0.5) is 5.95 Å². The second kappa shape index (κ2) is 10.3. The van der Waals surface area contributed by atoms with E-state index in [1.165, 1.54) is 0 Å². The molecular formula is C27H25Cl2N5O2S. The molecule has 190 valence electrons. The van der Waals surface area contributed by atoms with Gasteiger partial charge >= 0.3 is 0 Å². The van der Waals surface area contributed by atoms with Crippen molar-refractivity contribution in [3.05, 3.63) is 91.3 Å². The number of nitrogens with one attached hydrogen (secondary N) is 1. The molecule has 0 saturated heterocycles. The van der Waals surface area contributed by atoms with Gasteiger partial charge in [-0.05, 0) is 69.7 Å². The fourth-order valence-electron chi connectivity index (χ4n) is 4.44. The molecular weight excluding hydrogens is 529 g/mol. The van der Waals surface area contributed by atoms with Crippen LogP contribution in [0.1, 0.15) is 42.4 Å². The van der Waals surface area contributed by atoms with Gasteiger partial charge in [-0.15, -0.1) is 11.3 Å². The molecule has 0 fully saturated rings. The smallest absolute Gasteiger partial charge is 0.263 e. The average molecular weight is 555 g/mol. The van der Waals surface area contributed by atoms with Gasteiger partial charge in [0.05, 0.1) is 28.0 Å². The molecule has 2 aromatic carbocycles. The zero-order chi connectivity index (χ0) is 26.3. The van der Waals surface area contributed by atoms with Crippen LogP contribution in [-0.4, -0.2) is 37.4 Å². The van der Waals surface area contributed by atoms with Crippen molar-refractivity contribution in [1.29, 1.82) is 0 Å². The van der Waals surface area contributed by atoms with Gasteiger partial charge in [-0.3, -0.25) is 9.59 Å². The van der Waals surface area contributed by atoms with Crippen LogP contribution in [0, 0.1) is 0 Å². The zero-order valence-electron chi connectivity index (χ0n) is 20.5. The van der Waals surface area contributed by atoms with Crippen molar-refractivity contribution in [2.45, 2.75) is 45.8 Å². The molecule has 0 spiro atoms. The molecule has 10 heteroatoms. The summed E-state index contributed by atoms with van der Waals surface area (Å²) in [5.74, 6) is 0.260. The van der Waals surface area contributed by atoms with Crippen molar-refractivity contribution in [3.8, 4) is 16.3 Å². The van der Waals surface area contributed by atoms with Gasteiger partial charge in [0.1, 0.15) is 5.01 Å². The number of rotatable bonds is 5. The Hall–Kier alpha value is -3.20. The highest BCUT2D eigenvalue weighted by Gasteiger charge is 2.32. The molecule has 0 unspecified atom stereocenters. The van der Waals surface area contributed by atoms with Crippen LogP contribution in [0.15, 0.2) is 58.8 Å². The summed E-state index contributed by atoms with van der Waals surface area (Å²) in [6.07, 6.45) is 2.17. The summed E-state index contributed by atoms with van der Waals surface area (Å²) in [6, 6.07) is 12.4. The Bertz CT molecular complexity index is 1520. The van der Waals surface area contributed by atoms with E-state index in [9.17, 15) is 9.59 Å². The van der Waals surface area contributed by atoms with Crippen molar-refractivity contribution in [1.82, 2.24) is 19.4 Å². The minimum atomic E-state index is -0.200. The van der Waals surface area contributed by atoms with Crippen molar-refractivity contribution in [2.75, 3.05) is 5.32 Å².